The van der Waals surface area contributed by atoms with Crippen LogP contribution in [0.4, 0.5) is 11.4 Å². The van der Waals surface area contributed by atoms with E-state index in [1.165, 1.54) is 36.4 Å². The van der Waals surface area contributed by atoms with Gasteiger partial charge in [-0.05, 0) is 48.6 Å². The molecule has 3 rings (SSSR count). The highest BCUT2D eigenvalue weighted by atomic mass is 32.2. The predicted molar refractivity (Wildman–Crippen MR) is 111 cm³/mol. The Kier molecular flexibility index (Phi) is 5.55. The first-order valence-electron chi connectivity index (χ1n) is 7.97. The van der Waals surface area contributed by atoms with E-state index in [-0.39, 0.29) is 27.1 Å². The molecule has 1 heterocycles. The number of nitrogens with one attached hydrogen (secondary N) is 1. The molecule has 4 N–H and O–H groups in total. The van der Waals surface area contributed by atoms with Crippen LogP contribution in [0.3, 0.4) is 0 Å². The van der Waals surface area contributed by atoms with Crippen molar-refractivity contribution in [1.29, 1.82) is 0 Å². The SMILES string of the molecule is NC(=S)N1N=C(c2ccc([N+](=O)[O-])cc2)/C(=N\Nc2ccc(S(=O)(=O)O)cc2)C1=O. The zero-order valence-corrected chi connectivity index (χ0v) is 16.4. The fourth-order valence-electron chi connectivity index (χ4n) is 2.40. The Morgan fingerprint density at radius 1 is 1.20 bits per heavy atom. The summed E-state index contributed by atoms with van der Waals surface area (Å²) < 4.78 is 31.2. The number of amides is 1. The molecule has 12 nitrogen and oxygen atoms in total. The van der Waals surface area contributed by atoms with Gasteiger partial charge < -0.3 is 5.73 Å². The quantitative estimate of drug-likeness (QED) is 0.261. The number of hydrogen-bond acceptors (Lipinski definition) is 9. The highest BCUT2D eigenvalue weighted by Gasteiger charge is 2.35. The predicted octanol–water partition coefficient (Wildman–Crippen LogP) is 1.10. The summed E-state index contributed by atoms with van der Waals surface area (Å²) >= 11 is 4.80. The van der Waals surface area contributed by atoms with Crippen molar-refractivity contribution in [3.63, 3.8) is 0 Å². The van der Waals surface area contributed by atoms with Gasteiger partial charge in [-0.15, -0.1) is 0 Å². The van der Waals surface area contributed by atoms with Gasteiger partial charge in [0.2, 0.25) is 0 Å². The van der Waals surface area contributed by atoms with E-state index in [9.17, 15) is 23.3 Å². The minimum atomic E-state index is -4.35. The van der Waals surface area contributed by atoms with Gasteiger partial charge in [0.05, 0.1) is 15.5 Å². The molecule has 0 fully saturated rings. The number of anilines is 1. The van der Waals surface area contributed by atoms with Gasteiger partial charge in [-0.2, -0.15) is 23.6 Å². The second-order valence-electron chi connectivity index (χ2n) is 5.78. The molecule has 1 amide bonds. The van der Waals surface area contributed by atoms with E-state index < -0.39 is 20.9 Å². The fraction of sp³-hybridized carbons (Fsp3) is 0. The molecule has 0 aromatic heterocycles. The van der Waals surface area contributed by atoms with Gasteiger partial charge in [0.25, 0.3) is 15.8 Å². The Balaban J connectivity index is 1.94. The van der Waals surface area contributed by atoms with E-state index in [0.717, 1.165) is 17.1 Å². The zero-order valence-electron chi connectivity index (χ0n) is 14.8. The Morgan fingerprint density at radius 3 is 2.30 bits per heavy atom. The first-order chi connectivity index (χ1) is 14.1. The van der Waals surface area contributed by atoms with E-state index >= 15 is 0 Å². The minimum Gasteiger partial charge on any atom is -0.374 e. The number of non-ortho nitro benzene ring substituents is 1. The Labute approximate surface area is 174 Å². The lowest BCUT2D eigenvalue weighted by atomic mass is 10.1. The van der Waals surface area contributed by atoms with Gasteiger partial charge in [0.15, 0.2) is 10.8 Å². The molecular weight excluding hydrogens is 436 g/mol. The van der Waals surface area contributed by atoms with Crippen LogP contribution < -0.4 is 11.2 Å². The average molecular weight is 448 g/mol. The number of nitro benzene ring substituents is 1. The van der Waals surface area contributed by atoms with E-state index in [1.54, 1.807) is 0 Å². The van der Waals surface area contributed by atoms with Crippen molar-refractivity contribution in [3.05, 3.63) is 64.2 Å². The van der Waals surface area contributed by atoms with Crippen LogP contribution in [0, 0.1) is 10.1 Å². The van der Waals surface area contributed by atoms with Crippen LogP contribution >= 0.6 is 12.2 Å². The maximum absolute atomic E-state index is 12.6. The van der Waals surface area contributed by atoms with Crippen molar-refractivity contribution < 1.29 is 22.7 Å². The van der Waals surface area contributed by atoms with E-state index in [0.29, 0.717) is 11.3 Å². The molecule has 2 aromatic rings. The van der Waals surface area contributed by atoms with Crippen molar-refractivity contribution >= 4 is 56.2 Å². The van der Waals surface area contributed by atoms with E-state index in [2.05, 4.69) is 15.6 Å². The van der Waals surface area contributed by atoms with Crippen LogP contribution in [-0.2, 0) is 14.9 Å². The van der Waals surface area contributed by atoms with E-state index in [1.807, 2.05) is 0 Å². The summed E-state index contributed by atoms with van der Waals surface area (Å²) in [5.41, 5.74) is 8.50. The molecule has 14 heteroatoms. The van der Waals surface area contributed by atoms with Crippen molar-refractivity contribution in [2.75, 3.05) is 5.43 Å². The van der Waals surface area contributed by atoms with Crippen molar-refractivity contribution in [2.24, 2.45) is 15.9 Å². The van der Waals surface area contributed by atoms with Gasteiger partial charge in [-0.25, -0.2) is 0 Å². The lowest BCUT2D eigenvalue weighted by molar-refractivity contribution is -0.384. The van der Waals surface area contributed by atoms with Gasteiger partial charge in [0, 0.05) is 17.7 Å². The first kappa shape index (κ1) is 21.0. The third-order valence-corrected chi connectivity index (χ3v) is 4.87. The molecule has 0 aliphatic carbocycles. The number of rotatable bonds is 5. The van der Waals surface area contributed by atoms with Crippen molar-refractivity contribution in [3.8, 4) is 0 Å². The van der Waals surface area contributed by atoms with Gasteiger partial charge in [-0.3, -0.25) is 24.9 Å². The molecule has 0 bridgehead atoms. The third kappa shape index (κ3) is 4.29. The molecule has 0 saturated carbocycles. The van der Waals surface area contributed by atoms with Gasteiger partial charge in [-0.1, -0.05) is 0 Å². The summed E-state index contributed by atoms with van der Waals surface area (Å²) in [5.74, 6) is -0.724. The fourth-order valence-corrected chi connectivity index (χ4v) is 3.01. The number of nitrogens with two attached hydrogens (primary N) is 1. The van der Waals surface area contributed by atoms with Crippen LogP contribution in [-0.4, -0.2) is 45.3 Å². The second-order valence-corrected chi connectivity index (χ2v) is 7.62. The highest BCUT2D eigenvalue weighted by molar-refractivity contribution is 7.85. The molecule has 0 unspecified atom stereocenters. The third-order valence-electron chi connectivity index (χ3n) is 3.83. The number of carbonyl (C=O) groups is 1. The number of carbonyl (C=O) groups excluding carboxylic acids is 1. The summed E-state index contributed by atoms with van der Waals surface area (Å²) in [5, 5.41) is 19.3. The molecule has 0 spiro atoms. The Hall–Kier alpha value is -3.75. The Morgan fingerprint density at radius 2 is 1.80 bits per heavy atom. The summed E-state index contributed by atoms with van der Waals surface area (Å²) in [7, 11) is -4.35. The van der Waals surface area contributed by atoms with Gasteiger partial charge in [0.1, 0.15) is 5.71 Å². The topological polar surface area (TPSA) is 181 Å². The van der Waals surface area contributed by atoms with E-state index in [4.69, 9.17) is 22.5 Å². The van der Waals surface area contributed by atoms with Crippen LogP contribution in [0.5, 0.6) is 0 Å². The van der Waals surface area contributed by atoms with Crippen molar-refractivity contribution in [2.45, 2.75) is 4.90 Å². The highest BCUT2D eigenvalue weighted by Crippen LogP contribution is 2.19. The molecule has 30 heavy (non-hydrogen) atoms. The minimum absolute atomic E-state index is 0.0738. The standard InChI is InChI=1S/C16H12N6O6S2/c17-16(29)21-15(23)14(13(20-21)9-1-5-11(6-2-9)22(24)25)19-18-10-3-7-12(8-4-10)30(26,27)28/h1-8,18H,(H2,17,29)(H,26,27,28)/b19-14+. The average Bonchev–Trinajstić information content (AvgIpc) is 3.02. The number of hydrazone groups is 2. The monoisotopic (exact) mass is 448 g/mol. The molecule has 0 atom stereocenters. The molecule has 1 aliphatic rings. The summed E-state index contributed by atoms with van der Waals surface area (Å²) in [6, 6.07) is 10.2. The molecule has 154 valence electrons. The number of nitrogens with zero attached hydrogens (tertiary/aromatic N) is 4. The van der Waals surface area contributed by atoms with Crippen LogP contribution in [0.15, 0.2) is 63.6 Å². The largest absolute Gasteiger partial charge is 0.374 e. The molecule has 0 radical (unpaired) electrons. The lowest BCUT2D eigenvalue weighted by Gasteiger charge is -2.07. The number of hydrogen-bond donors (Lipinski definition) is 3. The summed E-state index contributed by atoms with van der Waals surface area (Å²) in [4.78, 5) is 22.5. The molecule has 0 saturated heterocycles. The maximum Gasteiger partial charge on any atom is 0.303 e. The normalized spacial score (nSPS) is 15.2. The van der Waals surface area contributed by atoms with Crippen LogP contribution in [0.25, 0.3) is 0 Å². The van der Waals surface area contributed by atoms with Crippen LogP contribution in [0.1, 0.15) is 5.56 Å². The molecule has 1 aliphatic heterocycles. The van der Waals surface area contributed by atoms with Gasteiger partial charge >= 0.3 is 5.91 Å². The Bertz CT molecular complexity index is 1210. The maximum atomic E-state index is 12.6. The molecule has 2 aromatic carbocycles. The zero-order chi connectivity index (χ0) is 22.1. The van der Waals surface area contributed by atoms with Crippen LogP contribution in [0.2, 0.25) is 0 Å². The lowest BCUT2D eigenvalue weighted by Crippen LogP contribution is -2.36. The first-order valence-corrected chi connectivity index (χ1v) is 9.81. The molecular formula is C16H12N6O6S2. The number of thiocarbonyl (C=S) groups is 1. The summed E-state index contributed by atoms with van der Waals surface area (Å²) in [6.45, 7) is 0. The van der Waals surface area contributed by atoms with Crippen molar-refractivity contribution in [1.82, 2.24) is 5.01 Å². The number of benzene rings is 2. The smallest absolute Gasteiger partial charge is 0.303 e. The summed E-state index contributed by atoms with van der Waals surface area (Å²) in [6.07, 6.45) is 0. The number of nitro groups is 1. The second kappa shape index (κ2) is 7.94.